The van der Waals surface area contributed by atoms with E-state index in [2.05, 4.69) is 4.18 Å². The molecule has 0 spiro atoms. The Morgan fingerprint density at radius 2 is 1.59 bits per heavy atom. The molecule has 2 aliphatic rings. The van der Waals surface area contributed by atoms with E-state index < -0.39 is 84.7 Å². The lowest BCUT2D eigenvalue weighted by atomic mass is 9.97. The summed E-state index contributed by atoms with van der Waals surface area (Å²) in [6.07, 6.45) is -14.5. The first kappa shape index (κ1) is 22.3. The Morgan fingerprint density at radius 3 is 2.07 bits per heavy atom. The summed E-state index contributed by atoms with van der Waals surface area (Å²) >= 11 is 0. The zero-order valence-corrected chi connectivity index (χ0v) is 14.3. The number of rotatable bonds is 7. The molecular weight excluding hydrogens is 400 g/mol. The van der Waals surface area contributed by atoms with Crippen LogP contribution in [0, 0.1) is 5.92 Å². The molecule has 0 amide bonds. The molecule has 2 heterocycles. The lowest BCUT2D eigenvalue weighted by molar-refractivity contribution is -0.315. The molecule has 158 valence electrons. The van der Waals surface area contributed by atoms with Crippen molar-refractivity contribution in [1.29, 1.82) is 0 Å². The minimum atomic E-state index is -5.06. The van der Waals surface area contributed by atoms with Crippen molar-refractivity contribution in [3.63, 3.8) is 0 Å². The molecule has 14 nitrogen and oxygen atoms in total. The number of carboxylic acid groups (broad SMARTS) is 1. The molecule has 0 aromatic rings. The molecule has 0 radical (unpaired) electrons. The maximum Gasteiger partial charge on any atom is 0.399 e. The molecule has 7 N–H and O–H groups in total. The van der Waals surface area contributed by atoms with Crippen LogP contribution in [0.25, 0.3) is 0 Å². The molecule has 27 heavy (non-hydrogen) atoms. The number of aliphatic hydroxyl groups is 5. The third kappa shape index (κ3) is 4.90. The van der Waals surface area contributed by atoms with Gasteiger partial charge in [0.05, 0.1) is 19.3 Å². The van der Waals surface area contributed by atoms with Gasteiger partial charge in [0.2, 0.25) is 6.29 Å². The highest BCUT2D eigenvalue weighted by atomic mass is 32.3. The van der Waals surface area contributed by atoms with Gasteiger partial charge >= 0.3 is 16.4 Å². The Labute approximate surface area is 152 Å². The Balaban J connectivity index is 2.25. The third-order valence-electron chi connectivity index (χ3n) is 4.19. The van der Waals surface area contributed by atoms with Crippen molar-refractivity contribution in [2.24, 2.45) is 5.92 Å². The summed E-state index contributed by atoms with van der Waals surface area (Å²) in [4.78, 5) is 11.1. The van der Waals surface area contributed by atoms with Crippen molar-refractivity contribution in [3.05, 3.63) is 0 Å². The maximum absolute atomic E-state index is 11.1. The van der Waals surface area contributed by atoms with Gasteiger partial charge in [0.15, 0.2) is 12.4 Å². The van der Waals surface area contributed by atoms with Crippen LogP contribution in [0.3, 0.4) is 0 Å². The van der Waals surface area contributed by atoms with Gasteiger partial charge in [-0.15, -0.1) is 0 Å². The van der Waals surface area contributed by atoms with Crippen LogP contribution >= 0.6 is 0 Å². The number of aliphatic hydroxyl groups excluding tert-OH is 5. The second-order valence-electron chi connectivity index (χ2n) is 5.93. The molecular formula is C12H20O14S. The van der Waals surface area contributed by atoms with E-state index in [9.17, 15) is 38.7 Å². The van der Waals surface area contributed by atoms with Crippen molar-refractivity contribution in [1.82, 2.24) is 0 Å². The van der Waals surface area contributed by atoms with Gasteiger partial charge in [-0.25, -0.2) is 8.98 Å². The van der Waals surface area contributed by atoms with Crippen LogP contribution in [0.15, 0.2) is 0 Å². The molecule has 2 saturated heterocycles. The molecule has 0 bridgehead atoms. The number of hydrogen-bond acceptors (Lipinski definition) is 12. The van der Waals surface area contributed by atoms with Crippen molar-refractivity contribution >= 4 is 16.4 Å². The quantitative estimate of drug-likeness (QED) is 0.192. The highest BCUT2D eigenvalue weighted by Gasteiger charge is 2.53. The largest absolute Gasteiger partial charge is 0.479 e. The van der Waals surface area contributed by atoms with E-state index in [0.29, 0.717) is 0 Å². The van der Waals surface area contributed by atoms with Crippen LogP contribution in [0.5, 0.6) is 0 Å². The van der Waals surface area contributed by atoms with Crippen LogP contribution < -0.4 is 0 Å². The second-order valence-corrected chi connectivity index (χ2v) is 6.98. The van der Waals surface area contributed by atoms with Crippen LogP contribution in [0.4, 0.5) is 0 Å². The first-order valence-electron chi connectivity index (χ1n) is 7.61. The van der Waals surface area contributed by atoms with E-state index in [1.54, 1.807) is 0 Å². The number of carboxylic acids is 1. The minimum absolute atomic E-state index is 0.705. The van der Waals surface area contributed by atoms with Gasteiger partial charge in [-0.2, -0.15) is 8.42 Å². The maximum atomic E-state index is 11.1. The molecule has 0 aromatic heterocycles. The lowest BCUT2D eigenvalue weighted by Crippen LogP contribution is -2.61. The monoisotopic (exact) mass is 420 g/mol. The zero-order chi connectivity index (χ0) is 20.5. The summed E-state index contributed by atoms with van der Waals surface area (Å²) in [6.45, 7) is -1.43. The number of aliphatic carboxylic acids is 1. The molecule has 0 saturated carbocycles. The first-order valence-corrected chi connectivity index (χ1v) is 8.97. The average molecular weight is 420 g/mol. The van der Waals surface area contributed by atoms with Crippen molar-refractivity contribution in [2.45, 2.75) is 49.2 Å². The van der Waals surface area contributed by atoms with E-state index >= 15 is 0 Å². The normalized spacial score (nSPS) is 43.0. The fourth-order valence-electron chi connectivity index (χ4n) is 2.85. The number of carbonyl (C=O) groups is 1. The van der Waals surface area contributed by atoms with Gasteiger partial charge in [0, 0.05) is 5.92 Å². The highest BCUT2D eigenvalue weighted by Crippen LogP contribution is 2.34. The number of hydrogen-bond donors (Lipinski definition) is 7. The zero-order valence-electron chi connectivity index (χ0n) is 13.5. The Hall–Kier alpha value is -0.980. The summed E-state index contributed by atoms with van der Waals surface area (Å²) in [5, 5.41) is 57.1. The van der Waals surface area contributed by atoms with E-state index in [0.717, 1.165) is 0 Å². The third-order valence-corrected chi connectivity index (χ3v) is 4.62. The summed E-state index contributed by atoms with van der Waals surface area (Å²) in [6, 6.07) is 0. The van der Waals surface area contributed by atoms with Crippen LogP contribution in [-0.2, 0) is 33.6 Å². The second kappa shape index (κ2) is 8.58. The molecule has 9 atom stereocenters. The fourth-order valence-corrected chi connectivity index (χ4v) is 3.24. The molecule has 0 aliphatic carbocycles. The smallest absolute Gasteiger partial charge is 0.399 e. The highest BCUT2D eigenvalue weighted by molar-refractivity contribution is 7.80. The first-order chi connectivity index (χ1) is 12.5. The average Bonchev–Trinajstić information content (AvgIpc) is 2.89. The van der Waals surface area contributed by atoms with Gasteiger partial charge in [-0.05, 0) is 0 Å². The van der Waals surface area contributed by atoms with Gasteiger partial charge in [-0.1, -0.05) is 0 Å². The van der Waals surface area contributed by atoms with Gasteiger partial charge in [0.25, 0.3) is 0 Å². The van der Waals surface area contributed by atoms with Crippen molar-refractivity contribution < 1.29 is 66.8 Å². The molecule has 0 unspecified atom stereocenters. The predicted octanol–water partition coefficient (Wildman–Crippen LogP) is -4.59. The van der Waals surface area contributed by atoms with Gasteiger partial charge in [-0.3, -0.25) is 4.55 Å². The minimum Gasteiger partial charge on any atom is -0.479 e. The van der Waals surface area contributed by atoms with Crippen molar-refractivity contribution in [3.8, 4) is 0 Å². The standard InChI is InChI=1S/C12H20O14S/c13-1-3-4(2-14)23-12(26-27(20,21)22)8(3)24-11-7(17)5(15)6(16)9(25-11)10(18)19/h3-9,11-17H,1-2H2,(H,18,19)(H,20,21,22)/t3-,4+,5-,6-,7-,8-,9+,11-,12-/m0/s1. The Morgan fingerprint density at radius 1 is 0.963 bits per heavy atom. The van der Waals surface area contributed by atoms with Crippen LogP contribution in [-0.4, -0.2) is 112 Å². The lowest BCUT2D eigenvalue weighted by Gasteiger charge is -2.40. The summed E-state index contributed by atoms with van der Waals surface area (Å²) < 4.78 is 50.2. The Bertz CT molecular complexity index is 624. The molecule has 2 fully saturated rings. The summed E-state index contributed by atoms with van der Waals surface area (Å²) in [5.74, 6) is -2.81. The summed E-state index contributed by atoms with van der Waals surface area (Å²) in [5.41, 5.74) is 0. The van der Waals surface area contributed by atoms with E-state index in [-0.39, 0.29) is 0 Å². The fraction of sp³-hybridized carbons (Fsp3) is 0.917. The van der Waals surface area contributed by atoms with E-state index in [4.69, 9.17) is 23.9 Å². The SMILES string of the molecule is O=C(O)[C@@H]1O[C@H](O[C@@H]2[C@H](OS(=O)(=O)O)O[C@H](CO)[C@@H]2CO)[C@@H](O)[C@@H](O)[C@@H]1O. The molecule has 15 heteroatoms. The van der Waals surface area contributed by atoms with E-state index in [1.807, 2.05) is 0 Å². The van der Waals surface area contributed by atoms with E-state index in [1.165, 1.54) is 0 Å². The number of ether oxygens (including phenoxy) is 3. The Kier molecular flexibility index (Phi) is 7.09. The molecule has 2 rings (SSSR count). The molecule has 0 aromatic carbocycles. The summed E-state index contributed by atoms with van der Waals surface area (Å²) in [7, 11) is -5.06. The van der Waals surface area contributed by atoms with Crippen LogP contribution in [0.1, 0.15) is 0 Å². The van der Waals surface area contributed by atoms with Gasteiger partial charge in [0.1, 0.15) is 24.4 Å². The molecule has 2 aliphatic heterocycles. The predicted molar refractivity (Wildman–Crippen MR) is 78.1 cm³/mol. The van der Waals surface area contributed by atoms with Crippen molar-refractivity contribution in [2.75, 3.05) is 13.2 Å². The van der Waals surface area contributed by atoms with Crippen LogP contribution in [0.2, 0.25) is 0 Å². The topological polar surface area (TPSA) is 230 Å². The van der Waals surface area contributed by atoms with Gasteiger partial charge < -0.3 is 44.8 Å².